The molecule has 1 atom stereocenters. The highest BCUT2D eigenvalue weighted by molar-refractivity contribution is 9.10. The summed E-state index contributed by atoms with van der Waals surface area (Å²) in [6.07, 6.45) is -2.08. The van der Waals surface area contributed by atoms with Crippen molar-refractivity contribution in [3.63, 3.8) is 0 Å². The Kier molecular flexibility index (Phi) is 4.76. The van der Waals surface area contributed by atoms with Gasteiger partial charge in [-0.15, -0.1) is 0 Å². The lowest BCUT2D eigenvalue weighted by atomic mass is 10.0. The van der Waals surface area contributed by atoms with Crippen LogP contribution in [0.4, 0.5) is 24.7 Å². The Balaban J connectivity index is 1.78. The maximum atomic E-state index is 13.2. The summed E-state index contributed by atoms with van der Waals surface area (Å²) in [5, 5.41) is 18.8. The van der Waals surface area contributed by atoms with Gasteiger partial charge in [-0.05, 0) is 40.5 Å². The summed E-state index contributed by atoms with van der Waals surface area (Å²) in [4.78, 5) is 22.7. The molecule has 0 amide bonds. The number of anilines is 1. The minimum atomic E-state index is -4.72. The predicted octanol–water partition coefficient (Wildman–Crippen LogP) is 4.54. The number of rotatable bonds is 4. The van der Waals surface area contributed by atoms with Crippen LogP contribution in [0, 0.1) is 10.1 Å². The van der Waals surface area contributed by atoms with Crippen molar-refractivity contribution in [1.82, 2.24) is 24.6 Å². The summed E-state index contributed by atoms with van der Waals surface area (Å²) < 4.78 is 41.7. The lowest BCUT2D eigenvalue weighted by Gasteiger charge is -2.18. The molecule has 0 fully saturated rings. The van der Waals surface area contributed by atoms with Crippen LogP contribution in [0.5, 0.6) is 0 Å². The molecule has 1 N–H and O–H groups in total. The van der Waals surface area contributed by atoms with E-state index in [1.54, 1.807) is 13.0 Å². The third kappa shape index (κ3) is 3.51. The summed E-state index contributed by atoms with van der Waals surface area (Å²) in [5.74, 6) is 0.325. The maximum Gasteiger partial charge on any atom is 0.416 e. The van der Waals surface area contributed by atoms with Crippen molar-refractivity contribution >= 4 is 44.1 Å². The van der Waals surface area contributed by atoms with Gasteiger partial charge in [0.05, 0.1) is 26.4 Å². The summed E-state index contributed by atoms with van der Waals surface area (Å²) in [6, 6.07) is 3.47. The van der Waals surface area contributed by atoms with Crippen LogP contribution in [0.25, 0.3) is 16.7 Å². The molecule has 0 saturated heterocycles. The highest BCUT2D eigenvalue weighted by atomic mass is 79.9. The first-order valence-electron chi connectivity index (χ1n) is 8.41. The number of nitro groups is 1. The van der Waals surface area contributed by atoms with Crippen molar-refractivity contribution < 1.29 is 18.1 Å². The SMILES string of the molecule is C[C@@H](Nc1ncnc2c1cc(Br)c1ncnn12)c1cc([N+](=O)[O-])cc(C(F)(F)F)c1. The highest BCUT2D eigenvalue weighted by Gasteiger charge is 2.33. The van der Waals surface area contributed by atoms with Crippen LogP contribution in [-0.4, -0.2) is 29.5 Å². The van der Waals surface area contributed by atoms with Gasteiger partial charge in [0.1, 0.15) is 18.5 Å². The molecule has 0 spiro atoms. The Labute approximate surface area is 174 Å². The molecular formula is C17H11BrF3N7O2. The van der Waals surface area contributed by atoms with Gasteiger partial charge >= 0.3 is 6.18 Å². The van der Waals surface area contributed by atoms with Gasteiger partial charge in [0.25, 0.3) is 5.69 Å². The number of nitrogens with zero attached hydrogens (tertiary/aromatic N) is 6. The Bertz CT molecular complexity index is 1290. The number of hydrogen-bond acceptors (Lipinski definition) is 7. The molecule has 4 rings (SSSR count). The predicted molar refractivity (Wildman–Crippen MR) is 104 cm³/mol. The van der Waals surface area contributed by atoms with Gasteiger partial charge in [-0.25, -0.2) is 15.0 Å². The van der Waals surface area contributed by atoms with E-state index in [0.29, 0.717) is 33.0 Å². The van der Waals surface area contributed by atoms with Gasteiger partial charge in [-0.1, -0.05) is 0 Å². The van der Waals surface area contributed by atoms with Crippen LogP contribution in [0.1, 0.15) is 24.1 Å². The van der Waals surface area contributed by atoms with Crippen LogP contribution in [0.15, 0.2) is 41.4 Å². The second kappa shape index (κ2) is 7.16. The fourth-order valence-electron chi connectivity index (χ4n) is 3.00. The highest BCUT2D eigenvalue weighted by Crippen LogP contribution is 2.35. The quantitative estimate of drug-likeness (QED) is 0.336. The molecule has 0 aliphatic carbocycles. The monoisotopic (exact) mass is 481 g/mol. The average Bonchev–Trinajstić information content (AvgIpc) is 3.18. The number of hydrogen-bond donors (Lipinski definition) is 1. The zero-order chi connectivity index (χ0) is 21.6. The van der Waals surface area contributed by atoms with Crippen LogP contribution in [0.2, 0.25) is 0 Å². The third-order valence-electron chi connectivity index (χ3n) is 4.43. The number of fused-ring (bicyclic) bond motifs is 3. The van der Waals surface area contributed by atoms with E-state index in [1.807, 2.05) is 0 Å². The van der Waals surface area contributed by atoms with E-state index in [1.165, 1.54) is 17.2 Å². The number of nitrogens with one attached hydrogen (secondary N) is 1. The summed E-state index contributed by atoms with van der Waals surface area (Å²) in [7, 11) is 0. The van der Waals surface area contributed by atoms with E-state index in [2.05, 4.69) is 41.3 Å². The van der Waals surface area contributed by atoms with Gasteiger partial charge in [0.15, 0.2) is 11.3 Å². The third-order valence-corrected chi connectivity index (χ3v) is 5.01. The van der Waals surface area contributed by atoms with Gasteiger partial charge in [0, 0.05) is 12.1 Å². The lowest BCUT2D eigenvalue weighted by Crippen LogP contribution is -2.12. The molecule has 4 aromatic rings. The van der Waals surface area contributed by atoms with Crippen molar-refractivity contribution in [2.45, 2.75) is 19.1 Å². The molecule has 9 nitrogen and oxygen atoms in total. The second-order valence-electron chi connectivity index (χ2n) is 6.38. The van der Waals surface area contributed by atoms with Crippen molar-refractivity contribution in [2.75, 3.05) is 5.32 Å². The number of aromatic nitrogens is 5. The molecule has 0 radical (unpaired) electrons. The molecular weight excluding hydrogens is 471 g/mol. The van der Waals surface area contributed by atoms with E-state index in [9.17, 15) is 23.3 Å². The normalized spacial score (nSPS) is 13.0. The van der Waals surface area contributed by atoms with E-state index in [0.717, 1.165) is 12.1 Å². The Hall–Kier alpha value is -3.35. The first-order chi connectivity index (χ1) is 14.1. The van der Waals surface area contributed by atoms with Crippen molar-refractivity contribution in [3.8, 4) is 0 Å². The maximum absolute atomic E-state index is 13.2. The number of pyridine rings is 1. The topological polar surface area (TPSA) is 111 Å². The molecule has 0 saturated carbocycles. The summed E-state index contributed by atoms with van der Waals surface area (Å²) in [6.45, 7) is 1.58. The van der Waals surface area contributed by atoms with E-state index < -0.39 is 28.4 Å². The Morgan fingerprint density at radius 1 is 1.13 bits per heavy atom. The van der Waals surface area contributed by atoms with Gasteiger partial charge < -0.3 is 5.32 Å². The van der Waals surface area contributed by atoms with Gasteiger partial charge in [0.2, 0.25) is 0 Å². The van der Waals surface area contributed by atoms with Crippen molar-refractivity contribution in [3.05, 3.63) is 62.6 Å². The Morgan fingerprint density at radius 3 is 2.57 bits per heavy atom. The first-order valence-corrected chi connectivity index (χ1v) is 9.20. The van der Waals surface area contributed by atoms with Crippen LogP contribution in [-0.2, 0) is 6.18 Å². The van der Waals surface area contributed by atoms with Crippen LogP contribution < -0.4 is 5.32 Å². The zero-order valence-electron chi connectivity index (χ0n) is 15.1. The number of benzene rings is 1. The number of halogens is 4. The van der Waals surface area contributed by atoms with E-state index in [4.69, 9.17) is 0 Å². The van der Waals surface area contributed by atoms with E-state index >= 15 is 0 Å². The van der Waals surface area contributed by atoms with Crippen LogP contribution in [0.3, 0.4) is 0 Å². The molecule has 30 heavy (non-hydrogen) atoms. The molecule has 3 heterocycles. The first kappa shape index (κ1) is 19.9. The average molecular weight is 482 g/mol. The van der Waals surface area contributed by atoms with Gasteiger partial charge in [-0.2, -0.15) is 22.8 Å². The fourth-order valence-corrected chi connectivity index (χ4v) is 3.49. The lowest BCUT2D eigenvalue weighted by molar-refractivity contribution is -0.385. The largest absolute Gasteiger partial charge is 0.416 e. The smallest absolute Gasteiger partial charge is 0.363 e. The second-order valence-corrected chi connectivity index (χ2v) is 7.24. The van der Waals surface area contributed by atoms with E-state index in [-0.39, 0.29) is 5.56 Å². The Morgan fingerprint density at radius 2 is 1.87 bits per heavy atom. The number of alkyl halides is 3. The molecule has 0 aliphatic rings. The molecule has 154 valence electrons. The summed E-state index contributed by atoms with van der Waals surface area (Å²) in [5.41, 5.74) is -0.684. The fraction of sp³-hybridized carbons (Fsp3) is 0.176. The molecule has 0 unspecified atom stereocenters. The minimum Gasteiger partial charge on any atom is -0.363 e. The minimum absolute atomic E-state index is 0.0872. The number of nitro benzene ring substituents is 1. The molecule has 1 aromatic carbocycles. The molecule has 3 aromatic heterocycles. The standard InChI is InChI=1S/C17H11BrF3N7O2/c1-8(9-2-10(17(19,20)21)4-11(3-9)28(29)30)26-14-12-5-13(18)16-24-7-25-27(16)15(12)23-6-22-14/h2-8H,1H3,(H,22,23,26)/t8-/m1/s1. The number of non-ortho nitro benzene ring substituents is 1. The van der Waals surface area contributed by atoms with Crippen LogP contribution >= 0.6 is 15.9 Å². The zero-order valence-corrected chi connectivity index (χ0v) is 16.6. The van der Waals surface area contributed by atoms with Gasteiger partial charge in [-0.3, -0.25) is 10.1 Å². The van der Waals surface area contributed by atoms with Crippen molar-refractivity contribution in [2.24, 2.45) is 0 Å². The summed E-state index contributed by atoms with van der Waals surface area (Å²) >= 11 is 3.39. The van der Waals surface area contributed by atoms with Crippen molar-refractivity contribution in [1.29, 1.82) is 0 Å². The molecule has 0 bridgehead atoms. The molecule has 13 heteroatoms. The molecule has 0 aliphatic heterocycles.